The van der Waals surface area contributed by atoms with E-state index in [0.29, 0.717) is 5.95 Å². The second kappa shape index (κ2) is 13.1. The predicted octanol–water partition coefficient (Wildman–Crippen LogP) is 15.8. The summed E-state index contributed by atoms with van der Waals surface area (Å²) in [6.07, 6.45) is 0. The smallest absolute Gasteiger partial charge is 0.235 e. The summed E-state index contributed by atoms with van der Waals surface area (Å²) in [7, 11) is 0. The van der Waals surface area contributed by atoms with E-state index in [0.717, 1.165) is 38.9 Å². The van der Waals surface area contributed by atoms with Crippen LogP contribution in [0, 0.1) is 0 Å². The number of nitrogens with zero attached hydrogens (tertiary/aromatic N) is 4. The molecule has 0 radical (unpaired) electrons. The lowest BCUT2D eigenvalue weighted by atomic mass is 9.80. The van der Waals surface area contributed by atoms with E-state index in [1.807, 2.05) is 11.3 Å². The predicted molar refractivity (Wildman–Crippen MR) is 270 cm³/mol. The molecule has 0 saturated carbocycles. The molecule has 300 valence electrons. The third-order valence-corrected chi connectivity index (χ3v) is 15.0. The number of benzene rings is 9. The summed E-state index contributed by atoms with van der Waals surface area (Å²) in [5.41, 5.74) is 15.9. The average Bonchev–Trinajstić information content (AvgIpc) is 4.06. The molecule has 0 unspecified atom stereocenters. The summed E-state index contributed by atoms with van der Waals surface area (Å²) in [6, 6.07) is 70.6. The van der Waals surface area contributed by atoms with Crippen molar-refractivity contribution in [1.29, 1.82) is 0 Å². The Labute approximate surface area is 372 Å². The molecule has 64 heavy (non-hydrogen) atoms. The van der Waals surface area contributed by atoms with E-state index in [4.69, 9.17) is 9.97 Å². The van der Waals surface area contributed by atoms with Crippen molar-refractivity contribution < 1.29 is 0 Å². The van der Waals surface area contributed by atoms with Crippen LogP contribution < -0.4 is 0 Å². The van der Waals surface area contributed by atoms with Crippen molar-refractivity contribution >= 4 is 86.0 Å². The molecule has 5 heteroatoms. The summed E-state index contributed by atoms with van der Waals surface area (Å²) in [4.78, 5) is 11.1. The first kappa shape index (κ1) is 35.7. The van der Waals surface area contributed by atoms with Crippen LogP contribution in [0.4, 0.5) is 0 Å². The Hall–Kier alpha value is -7.86. The molecule has 0 spiro atoms. The maximum absolute atomic E-state index is 5.65. The first-order chi connectivity index (χ1) is 31.5. The molecule has 14 rings (SSSR count). The van der Waals surface area contributed by atoms with Crippen LogP contribution in [0.25, 0.3) is 120 Å². The van der Waals surface area contributed by atoms with Gasteiger partial charge in [0.1, 0.15) is 0 Å². The minimum Gasteiger partial charge on any atom is -0.309 e. The second-order valence-electron chi connectivity index (χ2n) is 17.7. The Kier molecular flexibility index (Phi) is 7.30. The van der Waals surface area contributed by atoms with Gasteiger partial charge in [-0.2, -0.15) is 0 Å². The van der Waals surface area contributed by atoms with Crippen LogP contribution in [0.15, 0.2) is 194 Å². The molecule has 0 atom stereocenters. The number of fused-ring (bicyclic) bond motifs is 16. The lowest BCUT2D eigenvalue weighted by Crippen LogP contribution is -2.15. The monoisotopic (exact) mass is 834 g/mol. The van der Waals surface area contributed by atoms with E-state index in [2.05, 4.69) is 217 Å². The lowest BCUT2D eigenvalue weighted by Gasteiger charge is -2.23. The van der Waals surface area contributed by atoms with Crippen LogP contribution in [0.3, 0.4) is 0 Å². The van der Waals surface area contributed by atoms with Gasteiger partial charge in [-0.05, 0) is 76.3 Å². The first-order valence-corrected chi connectivity index (χ1v) is 22.8. The van der Waals surface area contributed by atoms with E-state index in [-0.39, 0.29) is 5.41 Å². The van der Waals surface area contributed by atoms with Crippen LogP contribution in [-0.2, 0) is 5.41 Å². The van der Waals surface area contributed by atoms with Gasteiger partial charge in [0.25, 0.3) is 0 Å². The Morgan fingerprint density at radius 1 is 0.453 bits per heavy atom. The summed E-state index contributed by atoms with van der Waals surface area (Å²) >= 11 is 1.85. The van der Waals surface area contributed by atoms with Crippen molar-refractivity contribution in [3.8, 4) is 45.1 Å². The Morgan fingerprint density at radius 3 is 1.88 bits per heavy atom. The van der Waals surface area contributed by atoms with Crippen LogP contribution in [0.5, 0.6) is 0 Å². The van der Waals surface area contributed by atoms with Gasteiger partial charge >= 0.3 is 0 Å². The molecule has 0 aliphatic heterocycles. The van der Waals surface area contributed by atoms with E-state index >= 15 is 0 Å². The highest BCUT2D eigenvalue weighted by atomic mass is 32.1. The normalized spacial score (nSPS) is 13.3. The fourth-order valence-corrected chi connectivity index (χ4v) is 12.2. The van der Waals surface area contributed by atoms with E-state index in [9.17, 15) is 0 Å². The van der Waals surface area contributed by atoms with Crippen molar-refractivity contribution in [1.82, 2.24) is 19.1 Å². The highest BCUT2D eigenvalue weighted by Crippen LogP contribution is 2.58. The van der Waals surface area contributed by atoms with Crippen LogP contribution in [0.2, 0.25) is 0 Å². The molecule has 13 aromatic rings. The molecular formula is C59H38N4S. The topological polar surface area (TPSA) is 35.6 Å². The molecule has 4 aromatic heterocycles. The largest absolute Gasteiger partial charge is 0.309 e. The zero-order valence-corrected chi connectivity index (χ0v) is 36.0. The number of thiophene rings is 1. The van der Waals surface area contributed by atoms with Crippen LogP contribution >= 0.6 is 11.3 Å². The van der Waals surface area contributed by atoms with Gasteiger partial charge in [0.05, 0.1) is 33.3 Å². The highest BCUT2D eigenvalue weighted by molar-refractivity contribution is 7.25. The van der Waals surface area contributed by atoms with Crippen molar-refractivity contribution in [2.45, 2.75) is 19.3 Å². The second-order valence-corrected chi connectivity index (χ2v) is 18.8. The fourth-order valence-electron chi connectivity index (χ4n) is 11.1. The molecule has 1 aliphatic carbocycles. The molecule has 0 N–H and O–H groups in total. The van der Waals surface area contributed by atoms with Crippen molar-refractivity contribution in [2.75, 3.05) is 0 Å². The molecule has 9 aromatic carbocycles. The van der Waals surface area contributed by atoms with Crippen LogP contribution in [0.1, 0.15) is 25.0 Å². The standard InChI is InChI=1S/C59H38N4S/c1-59(2)45-23-11-6-19-40(45)51-54(59)52-42-21-8-13-25-47(42)62(38-16-4-3-5-17-38)56(52)53-43-22-9-14-26-48(43)63(57(51)53)58-60-46-24-12-7-20-41(46)55(61-58)36-30-28-35(29-31-36)37-32-33-50-44(34-37)39-18-10-15-27-49(39)64-50/h3-34H,1-2H3. The van der Waals surface area contributed by atoms with Gasteiger partial charge in [0.15, 0.2) is 0 Å². The summed E-state index contributed by atoms with van der Waals surface area (Å²) in [5.74, 6) is 0.657. The minimum absolute atomic E-state index is 0.288. The van der Waals surface area contributed by atoms with Gasteiger partial charge in [-0.15, -0.1) is 11.3 Å². The zero-order chi connectivity index (χ0) is 42.3. The van der Waals surface area contributed by atoms with Gasteiger partial charge in [-0.1, -0.05) is 159 Å². The van der Waals surface area contributed by atoms with E-state index in [1.54, 1.807) is 0 Å². The maximum Gasteiger partial charge on any atom is 0.235 e. The average molecular weight is 835 g/mol. The number of rotatable bonds is 4. The SMILES string of the molecule is CC1(C)c2ccccc2-c2c1c1c3ccccc3n(-c3ccccc3)c1c1c3ccccc3n(-c3nc(-c4ccc(-c5ccc6sc7ccccc7c6c5)cc4)c4ccccc4n3)c21. The summed E-state index contributed by atoms with van der Waals surface area (Å²) < 4.78 is 7.50. The molecule has 0 amide bonds. The van der Waals surface area contributed by atoms with Gasteiger partial charge in [-0.3, -0.25) is 4.57 Å². The summed E-state index contributed by atoms with van der Waals surface area (Å²) in [5, 5.41) is 8.57. The number of aromatic nitrogens is 4. The minimum atomic E-state index is -0.288. The molecule has 1 aliphatic rings. The Morgan fingerprint density at radius 2 is 1.06 bits per heavy atom. The van der Waals surface area contributed by atoms with Gasteiger partial charge in [0, 0.05) is 69.3 Å². The molecule has 0 saturated heterocycles. The van der Waals surface area contributed by atoms with Crippen molar-refractivity contribution in [3.63, 3.8) is 0 Å². The van der Waals surface area contributed by atoms with E-state index < -0.39 is 0 Å². The van der Waals surface area contributed by atoms with Crippen molar-refractivity contribution in [3.05, 3.63) is 205 Å². The molecule has 4 heterocycles. The molecular weight excluding hydrogens is 797 g/mol. The van der Waals surface area contributed by atoms with Crippen molar-refractivity contribution in [2.24, 2.45) is 0 Å². The quantitative estimate of drug-likeness (QED) is 0.177. The number of para-hydroxylation sites is 4. The number of hydrogen-bond acceptors (Lipinski definition) is 3. The third kappa shape index (κ3) is 4.82. The lowest BCUT2D eigenvalue weighted by molar-refractivity contribution is 0.667. The Balaban J connectivity index is 1.07. The highest BCUT2D eigenvalue weighted by Gasteiger charge is 2.41. The third-order valence-electron chi connectivity index (χ3n) is 13.9. The Bertz CT molecular complexity index is 4090. The molecule has 4 nitrogen and oxygen atoms in total. The van der Waals surface area contributed by atoms with Gasteiger partial charge < -0.3 is 4.57 Å². The van der Waals surface area contributed by atoms with Gasteiger partial charge in [-0.25, -0.2) is 9.97 Å². The zero-order valence-electron chi connectivity index (χ0n) is 35.2. The first-order valence-electron chi connectivity index (χ1n) is 22.0. The molecule has 0 fully saturated rings. The maximum atomic E-state index is 5.65. The number of hydrogen-bond donors (Lipinski definition) is 0. The summed E-state index contributed by atoms with van der Waals surface area (Å²) in [6.45, 7) is 4.80. The fraction of sp³-hybridized carbons (Fsp3) is 0.0508. The van der Waals surface area contributed by atoms with Gasteiger partial charge in [0.2, 0.25) is 5.95 Å². The molecule has 0 bridgehead atoms. The van der Waals surface area contributed by atoms with Crippen LogP contribution in [-0.4, -0.2) is 19.1 Å². The van der Waals surface area contributed by atoms with E-state index in [1.165, 1.54) is 86.1 Å².